The Morgan fingerprint density at radius 2 is 2.10 bits per heavy atom. The number of nitrogens with zero attached hydrogens (tertiary/aromatic N) is 2. The third kappa shape index (κ3) is 3.22. The van der Waals surface area contributed by atoms with Crippen molar-refractivity contribution in [2.75, 3.05) is 13.1 Å². The van der Waals surface area contributed by atoms with Gasteiger partial charge in [-0.2, -0.15) is 4.31 Å². The number of nitro benzene ring substituents is 1. The second kappa shape index (κ2) is 5.36. The molecule has 1 heterocycles. The molecular weight excluding hydrogens is 296 g/mol. The average Bonchev–Trinajstić information content (AvgIpc) is 2.37. The van der Waals surface area contributed by atoms with E-state index in [1.165, 1.54) is 16.4 Å². The van der Waals surface area contributed by atoms with E-state index in [1.807, 2.05) is 0 Å². The first-order valence-electron chi connectivity index (χ1n) is 6.61. The number of hydrogen-bond donors (Lipinski definition) is 1. The standard InChI is InChI=1S/C13H18N2O5S/c1-10-4-5-11(15(17)18)8-12(10)21(19,20)14-7-3-6-13(2,16)9-14/h4-5,8,16H,3,6-7,9H2,1-2H3. The van der Waals surface area contributed by atoms with Gasteiger partial charge >= 0.3 is 0 Å². The van der Waals surface area contributed by atoms with Crippen LogP contribution in [0.15, 0.2) is 23.1 Å². The van der Waals surface area contributed by atoms with Gasteiger partial charge in [0.05, 0.1) is 15.4 Å². The molecule has 1 saturated heterocycles. The first-order valence-corrected chi connectivity index (χ1v) is 8.05. The van der Waals surface area contributed by atoms with Gasteiger partial charge < -0.3 is 5.11 Å². The quantitative estimate of drug-likeness (QED) is 0.672. The summed E-state index contributed by atoms with van der Waals surface area (Å²) in [7, 11) is -3.85. The molecule has 1 atom stereocenters. The van der Waals surface area contributed by atoms with Crippen molar-refractivity contribution in [3.63, 3.8) is 0 Å². The molecule has 0 radical (unpaired) electrons. The van der Waals surface area contributed by atoms with Crippen LogP contribution < -0.4 is 0 Å². The van der Waals surface area contributed by atoms with Crippen LogP contribution in [0.3, 0.4) is 0 Å². The summed E-state index contributed by atoms with van der Waals surface area (Å²) in [4.78, 5) is 10.1. The van der Waals surface area contributed by atoms with Crippen molar-refractivity contribution >= 4 is 15.7 Å². The van der Waals surface area contributed by atoms with E-state index in [1.54, 1.807) is 13.8 Å². The zero-order valence-corrected chi connectivity index (χ0v) is 12.8. The molecule has 7 nitrogen and oxygen atoms in total. The van der Waals surface area contributed by atoms with Crippen molar-refractivity contribution < 1.29 is 18.4 Å². The lowest BCUT2D eigenvalue weighted by atomic mass is 9.97. The van der Waals surface area contributed by atoms with Gasteiger partial charge in [-0.1, -0.05) is 6.07 Å². The minimum atomic E-state index is -3.85. The highest BCUT2D eigenvalue weighted by Gasteiger charge is 2.36. The molecule has 2 rings (SSSR count). The van der Waals surface area contributed by atoms with Crippen LogP contribution in [0, 0.1) is 17.0 Å². The molecule has 1 aliphatic rings. The Labute approximate surface area is 123 Å². The summed E-state index contributed by atoms with van der Waals surface area (Å²) in [6, 6.07) is 3.78. The Bertz CT molecular complexity index is 669. The summed E-state index contributed by atoms with van der Waals surface area (Å²) in [5.41, 5.74) is -0.881. The Kier molecular flexibility index (Phi) is 4.05. The molecular formula is C13H18N2O5S. The highest BCUT2D eigenvalue weighted by Crippen LogP contribution is 2.29. The zero-order valence-electron chi connectivity index (χ0n) is 11.9. The molecule has 1 unspecified atom stereocenters. The number of hydrogen-bond acceptors (Lipinski definition) is 5. The van der Waals surface area contributed by atoms with Crippen LogP contribution in [0.4, 0.5) is 5.69 Å². The van der Waals surface area contributed by atoms with E-state index < -0.39 is 20.5 Å². The zero-order chi connectivity index (χ0) is 15.8. The van der Waals surface area contributed by atoms with Crippen molar-refractivity contribution in [1.29, 1.82) is 0 Å². The predicted molar refractivity (Wildman–Crippen MR) is 76.5 cm³/mol. The van der Waals surface area contributed by atoms with Gasteiger partial charge in [0.1, 0.15) is 0 Å². The fourth-order valence-corrected chi connectivity index (χ4v) is 4.34. The third-order valence-corrected chi connectivity index (χ3v) is 5.63. The molecule has 1 aromatic rings. The Hall–Kier alpha value is -1.51. The Morgan fingerprint density at radius 3 is 2.67 bits per heavy atom. The lowest BCUT2D eigenvalue weighted by Gasteiger charge is -2.36. The largest absolute Gasteiger partial charge is 0.389 e. The molecule has 1 N–H and O–H groups in total. The molecule has 0 spiro atoms. The molecule has 0 aliphatic carbocycles. The van der Waals surface area contributed by atoms with Gasteiger partial charge in [-0.3, -0.25) is 10.1 Å². The number of benzene rings is 1. The summed E-state index contributed by atoms with van der Waals surface area (Å²) in [5.74, 6) is 0. The Balaban J connectivity index is 2.44. The molecule has 0 saturated carbocycles. The molecule has 1 aromatic carbocycles. The summed E-state index contributed by atoms with van der Waals surface area (Å²) in [5, 5.41) is 20.9. The van der Waals surface area contributed by atoms with Crippen LogP contribution in [0.2, 0.25) is 0 Å². The van der Waals surface area contributed by atoms with Crippen molar-refractivity contribution in [3.05, 3.63) is 33.9 Å². The maximum absolute atomic E-state index is 12.7. The fraction of sp³-hybridized carbons (Fsp3) is 0.538. The minimum Gasteiger partial charge on any atom is -0.389 e. The fourth-order valence-electron chi connectivity index (χ4n) is 2.50. The minimum absolute atomic E-state index is 0.00251. The van der Waals surface area contributed by atoms with Gasteiger partial charge in [0.15, 0.2) is 0 Å². The van der Waals surface area contributed by atoms with E-state index in [4.69, 9.17) is 0 Å². The van der Waals surface area contributed by atoms with Gasteiger partial charge in [-0.25, -0.2) is 8.42 Å². The van der Waals surface area contributed by atoms with Crippen LogP contribution in [-0.4, -0.2) is 41.4 Å². The third-order valence-electron chi connectivity index (χ3n) is 3.64. The molecule has 1 fully saturated rings. The number of aryl methyl sites for hydroxylation is 1. The average molecular weight is 314 g/mol. The molecule has 0 amide bonds. The first-order chi connectivity index (χ1) is 9.63. The molecule has 8 heteroatoms. The van der Waals surface area contributed by atoms with E-state index in [2.05, 4.69) is 0 Å². The van der Waals surface area contributed by atoms with Crippen LogP contribution in [0.1, 0.15) is 25.3 Å². The number of aliphatic hydroxyl groups is 1. The van der Waals surface area contributed by atoms with Crippen molar-refractivity contribution in [3.8, 4) is 0 Å². The van der Waals surface area contributed by atoms with Gasteiger partial charge in [-0.15, -0.1) is 0 Å². The number of β-amino-alcohol motifs (C(OH)–C–C–N with tert-alkyl or cyclic N) is 1. The predicted octanol–water partition coefficient (Wildman–Crippen LogP) is 1.44. The van der Waals surface area contributed by atoms with Crippen LogP contribution in [0.5, 0.6) is 0 Å². The molecule has 21 heavy (non-hydrogen) atoms. The smallest absolute Gasteiger partial charge is 0.270 e. The van der Waals surface area contributed by atoms with Crippen LogP contribution in [-0.2, 0) is 10.0 Å². The van der Waals surface area contributed by atoms with Gasteiger partial charge in [-0.05, 0) is 32.3 Å². The molecule has 1 aliphatic heterocycles. The highest BCUT2D eigenvalue weighted by molar-refractivity contribution is 7.89. The maximum Gasteiger partial charge on any atom is 0.270 e. The van der Waals surface area contributed by atoms with E-state index in [-0.39, 0.29) is 17.1 Å². The van der Waals surface area contributed by atoms with Crippen molar-refractivity contribution in [1.82, 2.24) is 4.31 Å². The van der Waals surface area contributed by atoms with Crippen molar-refractivity contribution in [2.45, 2.75) is 37.2 Å². The second-order valence-electron chi connectivity index (χ2n) is 5.65. The highest BCUT2D eigenvalue weighted by atomic mass is 32.2. The summed E-state index contributed by atoms with van der Waals surface area (Å²) in [6.07, 6.45) is 1.09. The van der Waals surface area contributed by atoms with Gasteiger partial charge in [0, 0.05) is 25.2 Å². The van der Waals surface area contributed by atoms with Crippen LogP contribution in [0.25, 0.3) is 0 Å². The maximum atomic E-state index is 12.7. The lowest BCUT2D eigenvalue weighted by Crippen LogP contribution is -2.48. The molecule has 0 aromatic heterocycles. The summed E-state index contributed by atoms with van der Waals surface area (Å²) in [6.45, 7) is 3.49. The number of piperidine rings is 1. The van der Waals surface area contributed by atoms with E-state index >= 15 is 0 Å². The summed E-state index contributed by atoms with van der Waals surface area (Å²) < 4.78 is 26.5. The van der Waals surface area contributed by atoms with E-state index in [0.29, 0.717) is 24.9 Å². The molecule has 0 bridgehead atoms. The Morgan fingerprint density at radius 1 is 1.43 bits per heavy atom. The van der Waals surface area contributed by atoms with Gasteiger partial charge in [0.2, 0.25) is 10.0 Å². The monoisotopic (exact) mass is 314 g/mol. The lowest BCUT2D eigenvalue weighted by molar-refractivity contribution is -0.385. The number of sulfonamides is 1. The normalized spacial score (nSPS) is 24.0. The number of non-ortho nitro benzene ring substituents is 1. The summed E-state index contributed by atoms with van der Waals surface area (Å²) >= 11 is 0. The number of rotatable bonds is 3. The topological polar surface area (TPSA) is 101 Å². The SMILES string of the molecule is Cc1ccc([N+](=O)[O-])cc1S(=O)(=O)N1CCCC(C)(O)C1. The first kappa shape index (κ1) is 15.9. The number of nitro groups is 1. The van der Waals surface area contributed by atoms with E-state index in [9.17, 15) is 23.6 Å². The van der Waals surface area contributed by atoms with Crippen LogP contribution >= 0.6 is 0 Å². The van der Waals surface area contributed by atoms with Gasteiger partial charge in [0.25, 0.3) is 5.69 Å². The van der Waals surface area contributed by atoms with E-state index in [0.717, 1.165) is 6.07 Å². The second-order valence-corrected chi connectivity index (χ2v) is 7.55. The molecule has 116 valence electrons. The van der Waals surface area contributed by atoms with Crippen molar-refractivity contribution in [2.24, 2.45) is 0 Å².